The van der Waals surface area contributed by atoms with Crippen LogP contribution in [-0.2, 0) is 19.5 Å². The van der Waals surface area contributed by atoms with E-state index in [1.54, 1.807) is 23.0 Å². The number of imidazole rings is 1. The van der Waals surface area contributed by atoms with Gasteiger partial charge in [0, 0.05) is 32.9 Å². The van der Waals surface area contributed by atoms with Gasteiger partial charge in [-0.1, -0.05) is 12.1 Å². The largest absolute Gasteiger partial charge is 0.326 e. The van der Waals surface area contributed by atoms with Gasteiger partial charge in [0.05, 0.1) is 23.3 Å². The molecule has 2 amide bonds. The molecule has 1 saturated heterocycles. The molecule has 148 valence electrons. The van der Waals surface area contributed by atoms with Gasteiger partial charge in [-0.15, -0.1) is 0 Å². The summed E-state index contributed by atoms with van der Waals surface area (Å²) in [7, 11) is 1.75. The Labute approximate surface area is 168 Å². The van der Waals surface area contributed by atoms with Gasteiger partial charge in [0.2, 0.25) is 0 Å². The van der Waals surface area contributed by atoms with E-state index in [4.69, 9.17) is 4.98 Å². The molecule has 0 atom stereocenters. The van der Waals surface area contributed by atoms with Gasteiger partial charge in [-0.3, -0.25) is 4.98 Å². The van der Waals surface area contributed by atoms with Gasteiger partial charge in [0.1, 0.15) is 11.6 Å². The molecule has 0 radical (unpaired) electrons. The van der Waals surface area contributed by atoms with E-state index in [9.17, 15) is 9.18 Å². The van der Waals surface area contributed by atoms with Gasteiger partial charge in [-0.2, -0.15) is 0 Å². The normalized spacial score (nSPS) is 16.6. The zero-order valence-electron chi connectivity index (χ0n) is 16.3. The highest BCUT2D eigenvalue weighted by Crippen LogP contribution is 2.27. The van der Waals surface area contributed by atoms with E-state index < -0.39 is 5.82 Å². The van der Waals surface area contributed by atoms with Crippen molar-refractivity contribution in [3.63, 3.8) is 0 Å². The van der Waals surface area contributed by atoms with Crippen LogP contribution >= 0.6 is 0 Å². The first-order chi connectivity index (χ1) is 14.1. The molecule has 0 bridgehead atoms. The molecule has 0 spiro atoms. The smallest absolute Gasteiger partial charge is 0.320 e. The standard InChI is InChI=1S/C22H22FN5O/c1-26-10-11-27(22(26)29)14-19-17(23)12-15(13-24-19)7-8-20-25-18-6-2-4-16-5-3-9-28(20)21(16)18/h2,4,6-8,12-13H,3,5,9-11,14H2,1H3/b8-7+. The molecule has 2 aliphatic rings. The maximum Gasteiger partial charge on any atom is 0.320 e. The van der Waals surface area contributed by atoms with Crippen LogP contribution in [0.1, 0.15) is 29.1 Å². The number of urea groups is 1. The molecule has 0 N–H and O–H groups in total. The third kappa shape index (κ3) is 3.16. The lowest BCUT2D eigenvalue weighted by atomic mass is 10.0. The van der Waals surface area contributed by atoms with Crippen LogP contribution in [0.5, 0.6) is 0 Å². The number of carbonyl (C=O) groups excluding carboxylic acids is 1. The monoisotopic (exact) mass is 391 g/mol. The summed E-state index contributed by atoms with van der Waals surface area (Å²) >= 11 is 0. The number of rotatable bonds is 4. The number of likely N-dealkylation sites (N-methyl/N-ethyl adjacent to an activating group) is 1. The topological polar surface area (TPSA) is 54.3 Å². The summed E-state index contributed by atoms with van der Waals surface area (Å²) in [5.41, 5.74) is 4.50. The fraction of sp³-hybridized carbons (Fsp3) is 0.318. The Hall–Kier alpha value is -3.22. The van der Waals surface area contributed by atoms with Crippen LogP contribution in [0.3, 0.4) is 0 Å². The highest BCUT2D eigenvalue weighted by molar-refractivity contribution is 5.83. The summed E-state index contributed by atoms with van der Waals surface area (Å²) in [5, 5.41) is 0. The molecule has 29 heavy (non-hydrogen) atoms. The molecular weight excluding hydrogens is 369 g/mol. The summed E-state index contributed by atoms with van der Waals surface area (Å²) in [4.78, 5) is 24.2. The zero-order valence-corrected chi connectivity index (χ0v) is 16.3. The van der Waals surface area contributed by atoms with E-state index in [2.05, 4.69) is 21.7 Å². The molecule has 0 aliphatic carbocycles. The van der Waals surface area contributed by atoms with Gasteiger partial charge < -0.3 is 14.4 Å². The first-order valence-electron chi connectivity index (χ1n) is 9.91. The SMILES string of the molecule is CN1CCN(Cc2ncc(/C=C/c3nc4cccc5c4n3CCC5)cc2F)C1=O. The van der Waals surface area contributed by atoms with E-state index in [0.29, 0.717) is 18.7 Å². The lowest BCUT2D eigenvalue weighted by molar-refractivity contribution is 0.196. The number of hydrogen-bond donors (Lipinski definition) is 0. The minimum absolute atomic E-state index is 0.0881. The van der Waals surface area contributed by atoms with E-state index in [1.807, 2.05) is 18.2 Å². The van der Waals surface area contributed by atoms with Crippen molar-refractivity contribution in [3.8, 4) is 0 Å². The van der Waals surface area contributed by atoms with Crippen molar-refractivity contribution >= 4 is 29.2 Å². The van der Waals surface area contributed by atoms with Crippen molar-refractivity contribution in [3.05, 3.63) is 58.9 Å². The fourth-order valence-corrected chi connectivity index (χ4v) is 4.15. The van der Waals surface area contributed by atoms with Crippen molar-refractivity contribution in [2.75, 3.05) is 20.1 Å². The first-order valence-corrected chi connectivity index (χ1v) is 9.91. The van der Waals surface area contributed by atoms with Crippen LogP contribution in [0.25, 0.3) is 23.2 Å². The molecule has 0 saturated carbocycles. The molecule has 7 heteroatoms. The van der Waals surface area contributed by atoms with Gasteiger partial charge in [-0.25, -0.2) is 14.2 Å². The molecular formula is C22H22FN5O. The second kappa shape index (κ2) is 6.99. The van der Waals surface area contributed by atoms with Crippen LogP contribution < -0.4 is 0 Å². The van der Waals surface area contributed by atoms with E-state index in [0.717, 1.165) is 30.7 Å². The number of carbonyl (C=O) groups is 1. The summed E-state index contributed by atoms with van der Waals surface area (Å²) in [6.45, 7) is 2.38. The van der Waals surface area contributed by atoms with Crippen molar-refractivity contribution in [2.24, 2.45) is 0 Å². The summed E-state index contributed by atoms with van der Waals surface area (Å²) in [6.07, 6.45) is 7.58. The Morgan fingerprint density at radius 3 is 2.90 bits per heavy atom. The number of para-hydroxylation sites is 1. The fourth-order valence-electron chi connectivity index (χ4n) is 4.15. The van der Waals surface area contributed by atoms with E-state index in [-0.39, 0.29) is 18.3 Å². The van der Waals surface area contributed by atoms with Crippen LogP contribution in [0.15, 0.2) is 30.5 Å². The van der Waals surface area contributed by atoms with E-state index in [1.165, 1.54) is 17.1 Å². The van der Waals surface area contributed by atoms with E-state index >= 15 is 0 Å². The predicted molar refractivity (Wildman–Crippen MR) is 110 cm³/mol. The molecule has 2 aromatic heterocycles. The van der Waals surface area contributed by atoms with Crippen molar-refractivity contribution in [1.82, 2.24) is 24.3 Å². The third-order valence-electron chi connectivity index (χ3n) is 5.71. The number of pyridine rings is 1. The Morgan fingerprint density at radius 2 is 2.10 bits per heavy atom. The second-order valence-electron chi connectivity index (χ2n) is 7.67. The third-order valence-corrected chi connectivity index (χ3v) is 5.71. The summed E-state index contributed by atoms with van der Waals surface area (Å²) in [5.74, 6) is 0.480. The average molecular weight is 391 g/mol. The van der Waals surface area contributed by atoms with Crippen LogP contribution in [-0.4, -0.2) is 50.5 Å². The number of hydrogen-bond acceptors (Lipinski definition) is 3. The summed E-state index contributed by atoms with van der Waals surface area (Å²) in [6, 6.07) is 7.62. The second-order valence-corrected chi connectivity index (χ2v) is 7.67. The molecule has 5 rings (SSSR count). The molecule has 2 aliphatic heterocycles. The lowest BCUT2D eigenvalue weighted by Crippen LogP contribution is -2.29. The highest BCUT2D eigenvalue weighted by atomic mass is 19.1. The Kier molecular flexibility index (Phi) is 4.30. The quantitative estimate of drug-likeness (QED) is 0.683. The molecule has 3 aromatic rings. The van der Waals surface area contributed by atoms with Crippen molar-refractivity contribution in [1.29, 1.82) is 0 Å². The van der Waals surface area contributed by atoms with Gasteiger partial charge in [0.25, 0.3) is 0 Å². The molecule has 1 aromatic carbocycles. The zero-order chi connectivity index (χ0) is 20.0. The number of amides is 2. The molecule has 1 fully saturated rings. The Bertz CT molecular complexity index is 1140. The Balaban J connectivity index is 1.38. The van der Waals surface area contributed by atoms with Gasteiger partial charge in [0.15, 0.2) is 0 Å². The van der Waals surface area contributed by atoms with Crippen LogP contribution in [0.4, 0.5) is 9.18 Å². The first kappa shape index (κ1) is 17.8. The average Bonchev–Trinajstić information content (AvgIpc) is 3.25. The van der Waals surface area contributed by atoms with Crippen LogP contribution in [0.2, 0.25) is 0 Å². The number of benzene rings is 1. The maximum atomic E-state index is 14.6. The number of aryl methyl sites for hydroxylation is 2. The number of aromatic nitrogens is 3. The number of halogens is 1. The maximum absolute atomic E-state index is 14.6. The highest BCUT2D eigenvalue weighted by Gasteiger charge is 2.26. The molecule has 6 nitrogen and oxygen atoms in total. The summed E-state index contributed by atoms with van der Waals surface area (Å²) < 4.78 is 16.8. The number of nitrogens with zero attached hydrogens (tertiary/aromatic N) is 5. The van der Waals surface area contributed by atoms with Crippen LogP contribution in [0, 0.1) is 5.82 Å². The minimum Gasteiger partial charge on any atom is -0.326 e. The molecule has 4 heterocycles. The predicted octanol–water partition coefficient (Wildman–Crippen LogP) is 3.55. The van der Waals surface area contributed by atoms with Crippen molar-refractivity contribution < 1.29 is 9.18 Å². The van der Waals surface area contributed by atoms with Crippen molar-refractivity contribution in [2.45, 2.75) is 25.9 Å². The lowest BCUT2D eigenvalue weighted by Gasteiger charge is -2.16. The van der Waals surface area contributed by atoms with Gasteiger partial charge in [-0.05, 0) is 48.3 Å². The minimum atomic E-state index is -0.397. The molecule has 0 unspecified atom stereocenters. The Morgan fingerprint density at radius 1 is 1.21 bits per heavy atom. The van der Waals surface area contributed by atoms with Gasteiger partial charge >= 0.3 is 6.03 Å².